The van der Waals surface area contributed by atoms with Crippen LogP contribution < -0.4 is 5.43 Å². The predicted molar refractivity (Wildman–Crippen MR) is 115 cm³/mol. The molecule has 3 aromatic rings. The van der Waals surface area contributed by atoms with Gasteiger partial charge in [0.05, 0.1) is 16.6 Å². The van der Waals surface area contributed by atoms with E-state index in [0.717, 1.165) is 31.7 Å². The lowest BCUT2D eigenvalue weighted by molar-refractivity contribution is 0.390. The van der Waals surface area contributed by atoms with Gasteiger partial charge in [0.15, 0.2) is 17.2 Å². The summed E-state index contributed by atoms with van der Waals surface area (Å²) in [5.41, 5.74) is -0.00606. The Bertz CT molecular complexity index is 1130. The molecule has 0 bridgehead atoms. The van der Waals surface area contributed by atoms with Gasteiger partial charge in [-0.3, -0.25) is 4.79 Å². The molecule has 0 saturated carbocycles. The van der Waals surface area contributed by atoms with Gasteiger partial charge in [0, 0.05) is 24.2 Å². The highest BCUT2D eigenvalue weighted by Crippen LogP contribution is 2.38. The zero-order valence-corrected chi connectivity index (χ0v) is 17.1. The van der Waals surface area contributed by atoms with Gasteiger partial charge in [-0.2, -0.15) is 0 Å². The number of pyridine rings is 1. The lowest BCUT2D eigenvalue weighted by Gasteiger charge is -2.23. The van der Waals surface area contributed by atoms with Gasteiger partial charge in [0.2, 0.25) is 5.43 Å². The molecule has 0 fully saturated rings. The average Bonchev–Trinajstić information content (AvgIpc) is 2.70. The second-order valence-corrected chi connectivity index (χ2v) is 7.62. The van der Waals surface area contributed by atoms with Crippen molar-refractivity contribution in [2.24, 2.45) is 5.92 Å². The quantitative estimate of drug-likeness (QED) is 0.366. The summed E-state index contributed by atoms with van der Waals surface area (Å²) in [4.78, 5) is 12.9. The highest BCUT2D eigenvalue weighted by atomic mass is 16.3. The largest absolute Gasteiger partial charge is 0.508 e. The molecule has 30 heavy (non-hydrogen) atoms. The Hall–Kier alpha value is -3.35. The molecule has 0 radical (unpaired) electrons. The van der Waals surface area contributed by atoms with Crippen LogP contribution in [0.5, 0.6) is 28.7 Å². The highest BCUT2D eigenvalue weighted by Gasteiger charge is 2.23. The highest BCUT2D eigenvalue weighted by molar-refractivity contribution is 5.91. The number of nitrogens with zero attached hydrogens (tertiary/aromatic N) is 1. The van der Waals surface area contributed by atoms with Gasteiger partial charge in [0.1, 0.15) is 11.5 Å². The summed E-state index contributed by atoms with van der Waals surface area (Å²) in [6.45, 7) is 4.60. The molecule has 0 amide bonds. The van der Waals surface area contributed by atoms with E-state index in [0.29, 0.717) is 12.1 Å². The third kappa shape index (κ3) is 3.87. The van der Waals surface area contributed by atoms with E-state index in [1.807, 2.05) is 0 Å². The van der Waals surface area contributed by atoms with Gasteiger partial charge in [-0.05, 0) is 30.5 Å². The molecule has 1 aromatic heterocycles. The lowest BCUT2D eigenvalue weighted by atomic mass is 9.97. The van der Waals surface area contributed by atoms with Crippen molar-refractivity contribution in [1.29, 1.82) is 0 Å². The van der Waals surface area contributed by atoms with E-state index in [4.69, 9.17) is 0 Å². The first-order valence-corrected chi connectivity index (χ1v) is 10.1. The second-order valence-electron chi connectivity index (χ2n) is 7.62. The molecule has 0 aliphatic heterocycles. The molecule has 0 aliphatic carbocycles. The van der Waals surface area contributed by atoms with Crippen molar-refractivity contribution < 1.29 is 25.5 Å². The van der Waals surface area contributed by atoms with E-state index in [-0.39, 0.29) is 39.8 Å². The standard InChI is InChI=1S/C23H27NO6/c1-3-5-6-13(4-2)12-24-16-10-15(25)11-19(28)20(16)22(29)23(30)21(24)14-7-8-17(26)18(27)9-14/h7-11,13,25-28,30H,3-6,12H2,1-2H3. The monoisotopic (exact) mass is 413 g/mol. The summed E-state index contributed by atoms with van der Waals surface area (Å²) >= 11 is 0. The summed E-state index contributed by atoms with van der Waals surface area (Å²) in [6.07, 6.45) is 3.85. The molecule has 1 atom stereocenters. The van der Waals surface area contributed by atoms with Crippen LogP contribution in [0.4, 0.5) is 0 Å². The first-order chi connectivity index (χ1) is 14.3. The van der Waals surface area contributed by atoms with Crippen molar-refractivity contribution in [3.8, 4) is 40.0 Å². The Morgan fingerprint density at radius 2 is 1.67 bits per heavy atom. The number of aromatic hydroxyl groups is 5. The summed E-state index contributed by atoms with van der Waals surface area (Å²) < 4.78 is 1.70. The average molecular weight is 413 g/mol. The van der Waals surface area contributed by atoms with Crippen molar-refractivity contribution in [2.75, 3.05) is 0 Å². The van der Waals surface area contributed by atoms with Crippen LogP contribution in [0.2, 0.25) is 0 Å². The molecular weight excluding hydrogens is 386 g/mol. The molecule has 1 heterocycles. The number of unbranched alkanes of at least 4 members (excludes halogenated alkanes) is 1. The van der Waals surface area contributed by atoms with Crippen LogP contribution in [0.3, 0.4) is 0 Å². The molecule has 7 nitrogen and oxygen atoms in total. The molecule has 0 aliphatic rings. The van der Waals surface area contributed by atoms with E-state index >= 15 is 0 Å². The zero-order valence-electron chi connectivity index (χ0n) is 17.1. The molecule has 0 spiro atoms. The Morgan fingerprint density at radius 3 is 2.30 bits per heavy atom. The van der Waals surface area contributed by atoms with E-state index in [1.165, 1.54) is 24.3 Å². The minimum Gasteiger partial charge on any atom is -0.508 e. The van der Waals surface area contributed by atoms with Crippen LogP contribution >= 0.6 is 0 Å². The van der Waals surface area contributed by atoms with Gasteiger partial charge in [-0.1, -0.05) is 33.1 Å². The summed E-state index contributed by atoms with van der Waals surface area (Å²) in [6, 6.07) is 6.47. The van der Waals surface area contributed by atoms with Gasteiger partial charge in [-0.15, -0.1) is 0 Å². The van der Waals surface area contributed by atoms with Crippen molar-refractivity contribution in [2.45, 2.75) is 46.1 Å². The smallest absolute Gasteiger partial charge is 0.235 e. The number of phenols is 4. The maximum Gasteiger partial charge on any atom is 0.235 e. The molecule has 0 saturated heterocycles. The van der Waals surface area contributed by atoms with E-state index in [2.05, 4.69) is 13.8 Å². The van der Waals surface area contributed by atoms with Crippen molar-refractivity contribution in [3.05, 3.63) is 40.6 Å². The fourth-order valence-electron chi connectivity index (χ4n) is 3.85. The van der Waals surface area contributed by atoms with Gasteiger partial charge in [-0.25, -0.2) is 0 Å². The van der Waals surface area contributed by atoms with Crippen molar-refractivity contribution in [3.63, 3.8) is 0 Å². The van der Waals surface area contributed by atoms with Crippen LogP contribution in [0.15, 0.2) is 35.1 Å². The van der Waals surface area contributed by atoms with E-state index < -0.39 is 16.9 Å². The fraction of sp³-hybridized carbons (Fsp3) is 0.348. The molecule has 1 unspecified atom stereocenters. The molecule has 2 aromatic carbocycles. The third-order valence-corrected chi connectivity index (χ3v) is 5.54. The number of benzene rings is 2. The summed E-state index contributed by atoms with van der Waals surface area (Å²) in [7, 11) is 0. The van der Waals surface area contributed by atoms with Gasteiger partial charge >= 0.3 is 0 Å². The number of aromatic nitrogens is 1. The SMILES string of the molecule is CCCCC(CC)Cn1c(-c2ccc(O)c(O)c2)c(O)c(=O)c2c(O)cc(O)cc21. The zero-order chi connectivity index (χ0) is 22.0. The van der Waals surface area contributed by atoms with Gasteiger partial charge in [0.25, 0.3) is 0 Å². The number of fused-ring (bicyclic) bond motifs is 1. The molecule has 5 N–H and O–H groups in total. The van der Waals surface area contributed by atoms with E-state index in [1.54, 1.807) is 4.57 Å². The number of hydrogen-bond acceptors (Lipinski definition) is 6. The second kappa shape index (κ2) is 8.57. The lowest BCUT2D eigenvalue weighted by Crippen LogP contribution is -2.18. The number of hydrogen-bond donors (Lipinski definition) is 5. The maximum absolute atomic E-state index is 12.9. The third-order valence-electron chi connectivity index (χ3n) is 5.54. The Kier molecular flexibility index (Phi) is 6.10. The molecule has 3 rings (SSSR count). The Morgan fingerprint density at radius 1 is 0.933 bits per heavy atom. The van der Waals surface area contributed by atoms with Crippen LogP contribution in [-0.2, 0) is 6.54 Å². The maximum atomic E-state index is 12.9. The van der Waals surface area contributed by atoms with Gasteiger partial charge < -0.3 is 30.1 Å². The first kappa shape index (κ1) is 21.4. The van der Waals surface area contributed by atoms with Crippen LogP contribution in [0.25, 0.3) is 22.2 Å². The summed E-state index contributed by atoms with van der Waals surface area (Å²) in [5.74, 6) is -1.68. The summed E-state index contributed by atoms with van der Waals surface area (Å²) in [5, 5.41) is 50.7. The number of phenolic OH excluding ortho intramolecular Hbond substituents is 4. The molecular formula is C23H27NO6. The van der Waals surface area contributed by atoms with E-state index in [9.17, 15) is 30.3 Å². The number of rotatable bonds is 7. The fourth-order valence-corrected chi connectivity index (χ4v) is 3.85. The minimum atomic E-state index is -0.775. The first-order valence-electron chi connectivity index (χ1n) is 10.1. The van der Waals surface area contributed by atoms with Crippen LogP contribution in [-0.4, -0.2) is 30.1 Å². The Labute approximate surface area is 174 Å². The minimum absolute atomic E-state index is 0.0811. The van der Waals surface area contributed by atoms with Crippen molar-refractivity contribution in [1.82, 2.24) is 4.57 Å². The van der Waals surface area contributed by atoms with Crippen molar-refractivity contribution >= 4 is 10.9 Å². The molecule has 160 valence electrons. The topological polar surface area (TPSA) is 123 Å². The van der Waals surface area contributed by atoms with Crippen LogP contribution in [0, 0.1) is 5.92 Å². The normalized spacial score (nSPS) is 12.3. The van der Waals surface area contributed by atoms with Crippen LogP contribution in [0.1, 0.15) is 39.5 Å². The molecule has 7 heteroatoms. The Balaban J connectivity index is 2.36. The predicted octanol–water partition coefficient (Wildman–Crippen LogP) is 4.41.